The fourth-order valence-electron chi connectivity index (χ4n) is 5.31. The van der Waals surface area contributed by atoms with E-state index in [1.807, 2.05) is 26.0 Å². The third-order valence-corrected chi connectivity index (χ3v) is 8.56. The Kier molecular flexibility index (Phi) is 9.29. The second-order valence-corrected chi connectivity index (χ2v) is 11.6. The molecule has 5 rings (SSSR count). The summed E-state index contributed by atoms with van der Waals surface area (Å²) in [6, 6.07) is 10.8. The number of amides is 1. The van der Waals surface area contributed by atoms with Crippen molar-refractivity contribution in [3.05, 3.63) is 76.5 Å². The molecule has 39 heavy (non-hydrogen) atoms. The second kappa shape index (κ2) is 12.5. The molecular weight excluding hydrogens is 512 g/mol. The van der Waals surface area contributed by atoms with Gasteiger partial charge in [0, 0.05) is 30.6 Å². The molecule has 7 heteroatoms. The Balaban J connectivity index is 0.000000192. The van der Waals surface area contributed by atoms with Crippen molar-refractivity contribution in [1.29, 1.82) is 0 Å². The number of aliphatic hydroxyl groups is 1. The molecule has 2 fully saturated rings. The SMILES string of the molecule is C[C@H]1N(CC2CC2)C=CC2CCCCC21O.Cc1ccc(O)c(ON(C)C(=O)/C=C/c2ccc(C)c(Cl)c2)c1. The van der Waals surface area contributed by atoms with Crippen LogP contribution in [0.15, 0.2) is 54.8 Å². The summed E-state index contributed by atoms with van der Waals surface area (Å²) in [6.07, 6.45) is 15.0. The van der Waals surface area contributed by atoms with Gasteiger partial charge in [-0.1, -0.05) is 48.7 Å². The predicted molar refractivity (Wildman–Crippen MR) is 156 cm³/mol. The first-order valence-electron chi connectivity index (χ1n) is 13.9. The van der Waals surface area contributed by atoms with Crippen LogP contribution in [0.25, 0.3) is 6.08 Å². The molecule has 1 aliphatic heterocycles. The lowest BCUT2D eigenvalue weighted by atomic mass is 9.69. The number of benzene rings is 2. The highest BCUT2D eigenvalue weighted by atomic mass is 35.5. The van der Waals surface area contributed by atoms with Gasteiger partial charge in [0.05, 0.1) is 11.6 Å². The number of phenols is 1. The van der Waals surface area contributed by atoms with Crippen molar-refractivity contribution in [1.82, 2.24) is 9.96 Å². The molecule has 1 amide bonds. The Morgan fingerprint density at radius 1 is 1.18 bits per heavy atom. The zero-order valence-corrected chi connectivity index (χ0v) is 24.2. The number of hydroxylamine groups is 2. The van der Waals surface area contributed by atoms with Gasteiger partial charge in [0.15, 0.2) is 11.5 Å². The largest absolute Gasteiger partial charge is 0.504 e. The smallest absolute Gasteiger partial charge is 0.278 e. The van der Waals surface area contributed by atoms with Crippen molar-refractivity contribution in [3.63, 3.8) is 0 Å². The van der Waals surface area contributed by atoms with Crippen molar-refractivity contribution < 1.29 is 19.8 Å². The van der Waals surface area contributed by atoms with E-state index in [0.717, 1.165) is 40.6 Å². The molecule has 3 atom stereocenters. The minimum absolute atomic E-state index is 0.0236. The molecule has 210 valence electrons. The molecule has 2 unspecified atom stereocenters. The average molecular weight is 553 g/mol. The van der Waals surface area contributed by atoms with E-state index in [2.05, 4.69) is 24.1 Å². The van der Waals surface area contributed by atoms with Crippen LogP contribution in [0.2, 0.25) is 5.02 Å². The van der Waals surface area contributed by atoms with Crippen molar-refractivity contribution in [2.24, 2.45) is 11.8 Å². The van der Waals surface area contributed by atoms with Gasteiger partial charge >= 0.3 is 0 Å². The van der Waals surface area contributed by atoms with Crippen LogP contribution in [-0.2, 0) is 4.79 Å². The van der Waals surface area contributed by atoms with Crippen LogP contribution in [0.3, 0.4) is 0 Å². The van der Waals surface area contributed by atoms with E-state index in [9.17, 15) is 15.0 Å². The summed E-state index contributed by atoms with van der Waals surface area (Å²) < 4.78 is 0. The van der Waals surface area contributed by atoms with E-state index in [1.165, 1.54) is 51.3 Å². The Hall–Kier alpha value is -2.96. The molecular formula is C32H41ClN2O4. The van der Waals surface area contributed by atoms with E-state index >= 15 is 0 Å². The molecule has 1 heterocycles. The Labute approximate surface area is 237 Å². The van der Waals surface area contributed by atoms with E-state index in [0.29, 0.717) is 17.0 Å². The van der Waals surface area contributed by atoms with Gasteiger partial charge in [-0.2, -0.15) is 5.06 Å². The van der Waals surface area contributed by atoms with E-state index < -0.39 is 5.60 Å². The molecule has 0 bridgehead atoms. The number of halogens is 1. The highest BCUT2D eigenvalue weighted by Gasteiger charge is 2.46. The third kappa shape index (κ3) is 7.37. The molecule has 2 aromatic rings. The minimum Gasteiger partial charge on any atom is -0.504 e. The molecule has 0 spiro atoms. The summed E-state index contributed by atoms with van der Waals surface area (Å²) in [6.45, 7) is 7.16. The Bertz CT molecular complexity index is 1220. The standard InChI is InChI=1S/C18H18ClNO3.C14H23NO/c1-12-4-8-16(21)17(10-12)23-20(3)18(22)9-7-14-6-5-13(2)15(19)11-14;1-11-14(16)8-3-2-4-13(14)7-9-15(11)10-12-5-6-12/h4-11,21H,1-3H3;7,9,11-13,16H,2-6,8,10H2,1H3/b9-7+;/t;11-,13?,14?/m.1/s1. The summed E-state index contributed by atoms with van der Waals surface area (Å²) in [4.78, 5) is 19.8. The Morgan fingerprint density at radius 2 is 1.95 bits per heavy atom. The normalized spacial score (nSPS) is 24.1. The average Bonchev–Trinajstić information content (AvgIpc) is 3.73. The lowest BCUT2D eigenvalue weighted by molar-refractivity contribution is -0.146. The number of rotatable bonds is 6. The number of hydrogen-bond donors (Lipinski definition) is 2. The molecule has 0 saturated heterocycles. The summed E-state index contributed by atoms with van der Waals surface area (Å²) in [7, 11) is 1.48. The van der Waals surface area contributed by atoms with Crippen LogP contribution >= 0.6 is 11.6 Å². The number of aromatic hydroxyl groups is 1. The molecule has 0 radical (unpaired) electrons. The fraction of sp³-hybridized carbons (Fsp3) is 0.469. The molecule has 2 saturated carbocycles. The van der Waals surface area contributed by atoms with Gasteiger partial charge in [0.1, 0.15) is 0 Å². The first-order valence-corrected chi connectivity index (χ1v) is 14.3. The maximum absolute atomic E-state index is 12.1. The predicted octanol–water partition coefficient (Wildman–Crippen LogP) is 6.66. The number of hydrogen-bond acceptors (Lipinski definition) is 5. The molecule has 2 aromatic carbocycles. The minimum atomic E-state index is -0.443. The highest BCUT2D eigenvalue weighted by Crippen LogP contribution is 2.43. The fourth-order valence-corrected chi connectivity index (χ4v) is 5.50. The third-order valence-electron chi connectivity index (χ3n) is 8.16. The van der Waals surface area contributed by atoms with Crippen LogP contribution in [0.4, 0.5) is 0 Å². The molecule has 2 aliphatic carbocycles. The summed E-state index contributed by atoms with van der Waals surface area (Å²) >= 11 is 6.05. The Morgan fingerprint density at radius 3 is 2.67 bits per heavy atom. The topological polar surface area (TPSA) is 73.2 Å². The number of phenolic OH excluding ortho intramolecular Hbond substituents is 1. The first-order chi connectivity index (χ1) is 18.6. The van der Waals surface area contributed by atoms with E-state index in [4.69, 9.17) is 16.4 Å². The van der Waals surface area contributed by atoms with Gasteiger partial charge in [-0.25, -0.2) is 0 Å². The summed E-state index contributed by atoms with van der Waals surface area (Å²) in [5, 5.41) is 22.3. The quantitative estimate of drug-likeness (QED) is 0.309. The monoisotopic (exact) mass is 552 g/mol. The maximum atomic E-state index is 12.1. The lowest BCUT2D eigenvalue weighted by Crippen LogP contribution is -2.57. The van der Waals surface area contributed by atoms with Crippen molar-refractivity contribution in [2.45, 2.75) is 70.9 Å². The van der Waals surface area contributed by atoms with Gasteiger partial charge in [0.2, 0.25) is 0 Å². The number of aryl methyl sites for hydroxylation is 2. The number of carbonyl (C=O) groups excluding carboxylic acids is 1. The van der Waals surface area contributed by atoms with Gasteiger partial charge in [-0.3, -0.25) is 4.79 Å². The summed E-state index contributed by atoms with van der Waals surface area (Å²) in [5.74, 6) is 1.15. The highest BCUT2D eigenvalue weighted by molar-refractivity contribution is 6.31. The van der Waals surface area contributed by atoms with Crippen LogP contribution in [0, 0.1) is 25.7 Å². The lowest BCUT2D eigenvalue weighted by Gasteiger charge is -2.50. The van der Waals surface area contributed by atoms with Crippen LogP contribution in [0.5, 0.6) is 11.5 Å². The number of nitrogens with zero attached hydrogens (tertiary/aromatic N) is 2. The first kappa shape index (κ1) is 29.0. The van der Waals surface area contributed by atoms with E-state index in [-0.39, 0.29) is 17.4 Å². The second-order valence-electron chi connectivity index (χ2n) is 11.2. The number of carbonyl (C=O) groups is 1. The van der Waals surface area contributed by atoms with Gasteiger partial charge < -0.3 is 20.0 Å². The molecule has 2 N–H and O–H groups in total. The van der Waals surface area contributed by atoms with Gasteiger partial charge in [-0.05, 0) is 99.5 Å². The van der Waals surface area contributed by atoms with Crippen LogP contribution in [0.1, 0.15) is 62.1 Å². The maximum Gasteiger partial charge on any atom is 0.278 e. The molecule has 6 nitrogen and oxygen atoms in total. The zero-order valence-electron chi connectivity index (χ0n) is 23.4. The van der Waals surface area contributed by atoms with Crippen LogP contribution in [-0.4, -0.2) is 51.3 Å². The molecule has 0 aromatic heterocycles. The summed E-state index contributed by atoms with van der Waals surface area (Å²) in [5.41, 5.74) is 2.27. The molecule has 3 aliphatic rings. The van der Waals surface area contributed by atoms with E-state index in [1.54, 1.807) is 24.3 Å². The van der Waals surface area contributed by atoms with Crippen molar-refractivity contribution in [2.75, 3.05) is 13.6 Å². The number of likely N-dealkylation sites (N-methyl/N-ethyl adjacent to an activating group) is 1. The zero-order chi connectivity index (χ0) is 28.2. The van der Waals surface area contributed by atoms with Gasteiger partial charge in [-0.15, -0.1) is 0 Å². The van der Waals surface area contributed by atoms with Crippen LogP contribution < -0.4 is 4.84 Å². The van der Waals surface area contributed by atoms with Crippen molar-refractivity contribution in [3.8, 4) is 11.5 Å². The van der Waals surface area contributed by atoms with Crippen molar-refractivity contribution >= 4 is 23.6 Å². The number of fused-ring (bicyclic) bond motifs is 1. The van der Waals surface area contributed by atoms with Gasteiger partial charge in [0.25, 0.3) is 5.91 Å².